The first-order valence-corrected chi connectivity index (χ1v) is 20.9. The third-order valence-corrected chi connectivity index (χ3v) is 13.3. The first kappa shape index (κ1) is 39.7. The van der Waals surface area contributed by atoms with Gasteiger partial charge in [0.25, 0.3) is 0 Å². The second-order valence-corrected chi connectivity index (χ2v) is 16.9. The molecule has 4 bridgehead atoms. The summed E-state index contributed by atoms with van der Waals surface area (Å²) in [6.07, 6.45) is 7.52. The van der Waals surface area contributed by atoms with E-state index in [1.807, 2.05) is 39.4 Å². The van der Waals surface area contributed by atoms with Gasteiger partial charge in [-0.2, -0.15) is 0 Å². The van der Waals surface area contributed by atoms with Gasteiger partial charge in [0.05, 0.1) is 19.1 Å². The lowest BCUT2D eigenvalue weighted by atomic mass is 9.65. The normalized spacial score (nSPS) is 24.1. The van der Waals surface area contributed by atoms with Gasteiger partial charge >= 0.3 is 5.97 Å². The SMILES string of the molecule is CNCc1c(O)c2c(c3c1CC#Cc1nc(N)ccc1CC1CCC4(Cc5cc(O)cc(OC)c5-c5ccc6c(c54)OC3C6COC(C)=O)C1)C=CC(NC)C(CNC)O2. The highest BCUT2D eigenvalue weighted by molar-refractivity contribution is 5.85. The molecule has 12 nitrogen and oxygen atoms in total. The van der Waals surface area contributed by atoms with Crippen molar-refractivity contribution in [3.05, 3.63) is 92.7 Å². The van der Waals surface area contributed by atoms with Crippen LogP contribution in [0.5, 0.6) is 28.7 Å². The number of nitrogens with one attached hydrogen (secondary N) is 3. The number of phenolic OH excluding ortho intramolecular Hbond substituents is 2. The number of phenols is 2. The van der Waals surface area contributed by atoms with Crippen LogP contribution in [0.2, 0.25) is 0 Å². The van der Waals surface area contributed by atoms with Gasteiger partial charge < -0.3 is 50.8 Å². The minimum Gasteiger partial charge on any atom is -0.508 e. The zero-order valence-electron chi connectivity index (χ0n) is 34.8. The van der Waals surface area contributed by atoms with Crippen molar-refractivity contribution in [2.45, 2.75) is 81.6 Å². The van der Waals surface area contributed by atoms with Crippen LogP contribution in [0.3, 0.4) is 0 Å². The molecule has 3 aliphatic heterocycles. The number of rotatable bonds is 8. The Kier molecular flexibility index (Phi) is 10.4. The quantitative estimate of drug-likeness (QED) is 0.0968. The first-order valence-electron chi connectivity index (χ1n) is 20.9. The van der Waals surface area contributed by atoms with Gasteiger partial charge in [0, 0.05) is 71.3 Å². The van der Waals surface area contributed by atoms with Gasteiger partial charge in [0.1, 0.15) is 47.6 Å². The number of ether oxygens (including phenoxy) is 4. The van der Waals surface area contributed by atoms with Crippen molar-refractivity contribution >= 4 is 17.9 Å². The monoisotopic (exact) mass is 811 g/mol. The Bertz CT molecular complexity index is 2490. The molecular weight excluding hydrogens is 759 g/mol. The fourth-order valence-corrected chi connectivity index (χ4v) is 10.8. The largest absolute Gasteiger partial charge is 0.508 e. The van der Waals surface area contributed by atoms with Gasteiger partial charge in [-0.25, -0.2) is 4.98 Å². The molecule has 1 aromatic heterocycles. The molecular formula is C48H53N5O7. The molecule has 0 saturated heterocycles. The lowest BCUT2D eigenvalue weighted by molar-refractivity contribution is -0.141. The zero-order valence-corrected chi connectivity index (χ0v) is 34.8. The highest BCUT2D eigenvalue weighted by Gasteiger charge is 2.51. The number of aromatic nitrogens is 1. The Balaban J connectivity index is 1.36. The molecule has 1 fully saturated rings. The molecule has 1 spiro atoms. The van der Waals surface area contributed by atoms with E-state index in [0.29, 0.717) is 59.6 Å². The number of aromatic hydroxyl groups is 2. The number of likely N-dealkylation sites (N-methyl/N-ethyl adjacent to an activating group) is 2. The van der Waals surface area contributed by atoms with Gasteiger partial charge in [0.2, 0.25) is 0 Å². The Morgan fingerprint density at radius 2 is 1.93 bits per heavy atom. The topological polar surface area (TPSA) is 169 Å². The van der Waals surface area contributed by atoms with Crippen molar-refractivity contribution in [1.82, 2.24) is 20.9 Å². The molecule has 4 aromatic rings. The van der Waals surface area contributed by atoms with E-state index < -0.39 is 12.0 Å². The van der Waals surface area contributed by atoms with Crippen LogP contribution in [0.15, 0.2) is 42.5 Å². The molecule has 9 rings (SSSR count). The zero-order chi connectivity index (χ0) is 41.9. The lowest BCUT2D eigenvalue weighted by Crippen LogP contribution is -2.45. The van der Waals surface area contributed by atoms with E-state index >= 15 is 0 Å². The Morgan fingerprint density at radius 3 is 2.70 bits per heavy atom. The molecule has 6 unspecified atom stereocenters. The van der Waals surface area contributed by atoms with E-state index in [4.69, 9.17) is 29.7 Å². The third kappa shape index (κ3) is 6.60. The predicted octanol–water partition coefficient (Wildman–Crippen LogP) is 5.58. The Labute approximate surface area is 350 Å². The second kappa shape index (κ2) is 15.7. The molecule has 6 atom stereocenters. The van der Waals surface area contributed by atoms with E-state index in [1.54, 1.807) is 13.2 Å². The minimum absolute atomic E-state index is 0.0377. The van der Waals surface area contributed by atoms with E-state index in [0.717, 1.165) is 75.9 Å². The Morgan fingerprint density at radius 1 is 1.08 bits per heavy atom. The summed E-state index contributed by atoms with van der Waals surface area (Å²) in [4.78, 5) is 17.4. The van der Waals surface area contributed by atoms with Gasteiger partial charge in [-0.15, -0.1) is 0 Å². The number of hydrogen-bond acceptors (Lipinski definition) is 12. The van der Waals surface area contributed by atoms with Crippen molar-refractivity contribution in [1.29, 1.82) is 0 Å². The predicted molar refractivity (Wildman–Crippen MR) is 230 cm³/mol. The van der Waals surface area contributed by atoms with Crippen LogP contribution in [0, 0.1) is 17.8 Å². The first-order chi connectivity index (χ1) is 29.1. The molecule has 0 amide bonds. The highest BCUT2D eigenvalue weighted by Crippen LogP contribution is 2.63. The maximum absolute atomic E-state index is 12.6. The smallest absolute Gasteiger partial charge is 0.302 e. The summed E-state index contributed by atoms with van der Waals surface area (Å²) < 4.78 is 26.3. The molecule has 312 valence electrons. The fraction of sp³-hybridized carbons (Fsp3) is 0.417. The molecule has 60 heavy (non-hydrogen) atoms. The van der Waals surface area contributed by atoms with Crippen LogP contribution in [-0.2, 0) is 40.8 Å². The summed E-state index contributed by atoms with van der Waals surface area (Å²) in [5.74, 6) is 8.72. The van der Waals surface area contributed by atoms with E-state index in [-0.39, 0.29) is 48.1 Å². The maximum Gasteiger partial charge on any atom is 0.302 e. The fourth-order valence-electron chi connectivity index (χ4n) is 10.8. The average Bonchev–Trinajstić information content (AvgIpc) is 3.73. The molecule has 4 heterocycles. The van der Waals surface area contributed by atoms with Crippen LogP contribution >= 0.6 is 0 Å². The van der Waals surface area contributed by atoms with Gasteiger partial charge in [-0.1, -0.05) is 36.3 Å². The number of carbonyl (C=O) groups excluding carboxylic acids is 1. The summed E-state index contributed by atoms with van der Waals surface area (Å²) in [7, 11) is 7.25. The van der Waals surface area contributed by atoms with Crippen molar-refractivity contribution in [3.8, 4) is 51.7 Å². The van der Waals surface area contributed by atoms with E-state index in [9.17, 15) is 15.0 Å². The summed E-state index contributed by atoms with van der Waals surface area (Å²) in [5, 5.41) is 33.2. The van der Waals surface area contributed by atoms with Crippen LogP contribution in [-0.4, -0.2) is 74.7 Å². The number of esters is 1. The lowest BCUT2D eigenvalue weighted by Gasteiger charge is -2.39. The molecule has 7 N–H and O–H groups in total. The van der Waals surface area contributed by atoms with E-state index in [2.05, 4.69) is 52.1 Å². The van der Waals surface area contributed by atoms with Crippen LogP contribution < -0.4 is 35.9 Å². The van der Waals surface area contributed by atoms with Crippen molar-refractivity contribution in [3.63, 3.8) is 0 Å². The number of anilines is 1. The van der Waals surface area contributed by atoms with E-state index in [1.165, 1.54) is 6.92 Å². The van der Waals surface area contributed by atoms with Gasteiger partial charge in [0.15, 0.2) is 11.5 Å². The van der Waals surface area contributed by atoms with Crippen molar-refractivity contribution < 1.29 is 34.0 Å². The number of fused-ring (bicyclic) bond motifs is 9. The van der Waals surface area contributed by atoms with Crippen molar-refractivity contribution in [2.75, 3.05) is 47.1 Å². The number of carbonyl (C=O) groups is 1. The summed E-state index contributed by atoms with van der Waals surface area (Å²) in [6.45, 7) is 2.34. The van der Waals surface area contributed by atoms with Crippen molar-refractivity contribution in [2.24, 2.45) is 5.92 Å². The summed E-state index contributed by atoms with van der Waals surface area (Å²) in [6, 6.07) is 11.6. The highest BCUT2D eigenvalue weighted by atomic mass is 16.5. The Hall–Kier alpha value is -5.74. The third-order valence-electron chi connectivity index (χ3n) is 13.3. The maximum atomic E-state index is 12.6. The second-order valence-electron chi connectivity index (χ2n) is 16.9. The number of nitrogen functional groups attached to an aromatic ring is 1. The average molecular weight is 812 g/mol. The number of nitrogens with zero attached hydrogens (tertiary/aromatic N) is 1. The van der Waals surface area contributed by atoms with Crippen LogP contribution in [0.4, 0.5) is 5.82 Å². The molecule has 2 aliphatic carbocycles. The number of nitrogens with two attached hydrogens (primary N) is 1. The van der Waals surface area contributed by atoms with Gasteiger partial charge in [-0.3, -0.25) is 4.79 Å². The summed E-state index contributed by atoms with van der Waals surface area (Å²) >= 11 is 0. The number of methoxy groups -OCH3 is 1. The number of hydrogen-bond donors (Lipinski definition) is 6. The molecule has 5 aliphatic rings. The molecule has 1 saturated carbocycles. The number of benzene rings is 3. The van der Waals surface area contributed by atoms with Gasteiger partial charge in [-0.05, 0) is 99.5 Å². The van der Waals surface area contributed by atoms with Crippen LogP contribution in [0.25, 0.3) is 17.2 Å². The van der Waals surface area contributed by atoms with Crippen LogP contribution in [0.1, 0.15) is 88.4 Å². The summed E-state index contributed by atoms with van der Waals surface area (Å²) in [5.41, 5.74) is 15.7. The standard InChI is InChI=1S/C48H53N5O7/c1-25(54)58-24-35-31-10-11-32-41-28(18-29(55)19-38(41)57-5)21-48-16-15-26(20-48)17-27-9-14-40(49)53-36(27)8-6-7-30-34(22-50-2)44(56)47-33(42(30)45(35)60-46(31)43(32)48)12-13-37(52-4)39(59-47)23-51-3/h9-14,18-19,26,35,37,39,45,50-52,55-56H,7,15-17,20-24H2,1-5H3,(H2,49,53). The molecule has 12 heteroatoms. The minimum atomic E-state index is -0.668. The number of pyridine rings is 1. The molecule has 3 aromatic carbocycles. The molecule has 0 radical (unpaired) electrons.